The summed E-state index contributed by atoms with van der Waals surface area (Å²) in [6, 6.07) is 0.443. The first-order chi connectivity index (χ1) is 7.29. The van der Waals surface area contributed by atoms with E-state index in [4.69, 9.17) is 6.42 Å². The number of terminal acetylenes is 1. The number of carbonyl (C=O) groups is 1. The summed E-state index contributed by atoms with van der Waals surface area (Å²) >= 11 is 0. The highest BCUT2D eigenvalue weighted by Crippen LogP contribution is 2.19. The normalized spacial score (nSPS) is 21.1. The van der Waals surface area contributed by atoms with Gasteiger partial charge in [0.15, 0.2) is 0 Å². The van der Waals surface area contributed by atoms with Crippen LogP contribution in [0, 0.1) is 12.3 Å². The molecule has 84 valence electrons. The van der Waals surface area contributed by atoms with Gasteiger partial charge in [-0.1, -0.05) is 12.8 Å². The van der Waals surface area contributed by atoms with E-state index in [0.717, 1.165) is 25.8 Å². The van der Waals surface area contributed by atoms with Gasteiger partial charge in [0.2, 0.25) is 5.91 Å². The third-order valence-electron chi connectivity index (χ3n) is 2.92. The van der Waals surface area contributed by atoms with Crippen molar-refractivity contribution in [2.45, 2.75) is 38.6 Å². The zero-order valence-corrected chi connectivity index (χ0v) is 9.46. The van der Waals surface area contributed by atoms with Crippen LogP contribution in [0.2, 0.25) is 0 Å². The van der Waals surface area contributed by atoms with Crippen LogP contribution >= 0.6 is 0 Å². The Hall–Kier alpha value is -1.01. The minimum absolute atomic E-state index is 0.191. The number of rotatable bonds is 4. The van der Waals surface area contributed by atoms with Crippen LogP contribution in [0.5, 0.6) is 0 Å². The predicted molar refractivity (Wildman–Crippen MR) is 61.3 cm³/mol. The molecule has 1 aliphatic rings. The lowest BCUT2D eigenvalue weighted by molar-refractivity contribution is -0.133. The van der Waals surface area contributed by atoms with Crippen molar-refractivity contribution in [1.82, 2.24) is 10.2 Å². The van der Waals surface area contributed by atoms with Crippen molar-refractivity contribution in [2.75, 3.05) is 19.6 Å². The zero-order chi connectivity index (χ0) is 11.1. The summed E-state index contributed by atoms with van der Waals surface area (Å²) in [5.74, 6) is 2.66. The molecule has 0 aliphatic carbocycles. The van der Waals surface area contributed by atoms with Gasteiger partial charge in [-0.25, -0.2) is 0 Å². The average Bonchev–Trinajstić information content (AvgIpc) is 2.29. The first-order valence-corrected chi connectivity index (χ1v) is 5.73. The molecular weight excluding hydrogens is 188 g/mol. The third kappa shape index (κ3) is 3.56. The van der Waals surface area contributed by atoms with Crippen LogP contribution in [0.15, 0.2) is 0 Å². The highest BCUT2D eigenvalue weighted by molar-refractivity contribution is 5.78. The predicted octanol–water partition coefficient (Wildman–Crippen LogP) is 1.00. The third-order valence-corrected chi connectivity index (χ3v) is 2.92. The van der Waals surface area contributed by atoms with Crippen molar-refractivity contribution >= 4 is 5.91 Å². The summed E-state index contributed by atoms with van der Waals surface area (Å²) in [7, 11) is 0. The molecule has 0 bridgehead atoms. The van der Waals surface area contributed by atoms with Crippen LogP contribution in [0.1, 0.15) is 32.6 Å². The minimum Gasteiger partial charge on any atom is -0.339 e. The fourth-order valence-electron chi connectivity index (χ4n) is 2.10. The molecule has 0 aromatic carbocycles. The van der Waals surface area contributed by atoms with Gasteiger partial charge in [-0.05, 0) is 25.7 Å². The van der Waals surface area contributed by atoms with Gasteiger partial charge in [0.05, 0.1) is 13.1 Å². The number of piperidine rings is 1. The molecule has 1 saturated heterocycles. The summed E-state index contributed by atoms with van der Waals surface area (Å²) in [6.45, 7) is 3.90. The van der Waals surface area contributed by atoms with Gasteiger partial charge in [0.1, 0.15) is 0 Å². The summed E-state index contributed by atoms with van der Waals surface area (Å²) in [5.41, 5.74) is 0. The van der Waals surface area contributed by atoms with Crippen molar-refractivity contribution in [3.63, 3.8) is 0 Å². The lowest BCUT2D eigenvalue weighted by Crippen LogP contribution is -2.47. The Morgan fingerprint density at radius 2 is 2.40 bits per heavy atom. The second-order valence-corrected chi connectivity index (χ2v) is 3.95. The standard InChI is InChI=1S/C12H20N2O/c1-3-8-13-10-12(15)14-9-6-5-7-11(14)4-2/h1,11,13H,4-10H2,2H3. The molecular formula is C12H20N2O. The molecule has 1 heterocycles. The molecule has 1 atom stereocenters. The largest absolute Gasteiger partial charge is 0.339 e. The Balaban J connectivity index is 2.38. The van der Waals surface area contributed by atoms with Crippen LogP contribution in [-0.4, -0.2) is 36.5 Å². The maximum atomic E-state index is 11.8. The fraction of sp³-hybridized carbons (Fsp3) is 0.750. The lowest BCUT2D eigenvalue weighted by Gasteiger charge is -2.35. The quantitative estimate of drug-likeness (QED) is 0.552. The highest BCUT2D eigenvalue weighted by Gasteiger charge is 2.24. The Labute approximate surface area is 92.2 Å². The van der Waals surface area contributed by atoms with Gasteiger partial charge in [-0.15, -0.1) is 6.42 Å². The van der Waals surface area contributed by atoms with E-state index in [1.165, 1.54) is 6.42 Å². The first-order valence-electron chi connectivity index (χ1n) is 5.73. The Bertz CT molecular complexity index is 244. The van der Waals surface area contributed by atoms with Gasteiger partial charge >= 0.3 is 0 Å². The Morgan fingerprint density at radius 1 is 1.60 bits per heavy atom. The van der Waals surface area contributed by atoms with Crippen LogP contribution in [-0.2, 0) is 4.79 Å². The number of carbonyl (C=O) groups excluding carboxylic acids is 1. The van der Waals surface area contributed by atoms with Gasteiger partial charge in [-0.2, -0.15) is 0 Å². The Morgan fingerprint density at radius 3 is 3.07 bits per heavy atom. The molecule has 0 aromatic rings. The van der Waals surface area contributed by atoms with Crippen molar-refractivity contribution in [1.29, 1.82) is 0 Å². The van der Waals surface area contributed by atoms with Crippen molar-refractivity contribution in [2.24, 2.45) is 0 Å². The molecule has 3 heteroatoms. The lowest BCUT2D eigenvalue weighted by atomic mass is 10.00. The van der Waals surface area contributed by atoms with Crippen LogP contribution in [0.25, 0.3) is 0 Å². The SMILES string of the molecule is C#CCNCC(=O)N1CCCCC1CC. The first kappa shape index (κ1) is 12.1. The van der Waals surface area contributed by atoms with E-state index < -0.39 is 0 Å². The number of amides is 1. The van der Waals surface area contributed by atoms with Crippen molar-refractivity contribution in [3.8, 4) is 12.3 Å². The molecule has 1 N–H and O–H groups in total. The van der Waals surface area contributed by atoms with Crippen molar-refractivity contribution < 1.29 is 4.79 Å². The summed E-state index contributed by atoms with van der Waals surface area (Å²) < 4.78 is 0. The molecule has 0 saturated carbocycles. The maximum Gasteiger partial charge on any atom is 0.236 e. The molecule has 1 amide bonds. The fourth-order valence-corrected chi connectivity index (χ4v) is 2.10. The second-order valence-electron chi connectivity index (χ2n) is 3.95. The topological polar surface area (TPSA) is 32.3 Å². The van der Waals surface area contributed by atoms with E-state index in [0.29, 0.717) is 19.1 Å². The molecule has 0 aromatic heterocycles. The highest BCUT2D eigenvalue weighted by atomic mass is 16.2. The molecule has 3 nitrogen and oxygen atoms in total. The van der Waals surface area contributed by atoms with Gasteiger partial charge in [0, 0.05) is 12.6 Å². The smallest absolute Gasteiger partial charge is 0.236 e. The number of nitrogens with zero attached hydrogens (tertiary/aromatic N) is 1. The van der Waals surface area contributed by atoms with E-state index >= 15 is 0 Å². The molecule has 1 aliphatic heterocycles. The minimum atomic E-state index is 0.191. The van der Waals surface area contributed by atoms with Gasteiger partial charge in [-0.3, -0.25) is 10.1 Å². The van der Waals surface area contributed by atoms with Gasteiger partial charge < -0.3 is 4.90 Å². The van der Waals surface area contributed by atoms with E-state index in [-0.39, 0.29) is 5.91 Å². The summed E-state index contributed by atoms with van der Waals surface area (Å²) in [5, 5.41) is 2.95. The van der Waals surface area contributed by atoms with Crippen LogP contribution < -0.4 is 5.32 Å². The summed E-state index contributed by atoms with van der Waals surface area (Å²) in [4.78, 5) is 13.8. The molecule has 15 heavy (non-hydrogen) atoms. The number of hydrogen-bond acceptors (Lipinski definition) is 2. The molecule has 1 rings (SSSR count). The van der Waals surface area contributed by atoms with E-state index in [1.54, 1.807) is 0 Å². The zero-order valence-electron chi connectivity index (χ0n) is 9.46. The van der Waals surface area contributed by atoms with Gasteiger partial charge in [0.25, 0.3) is 0 Å². The van der Waals surface area contributed by atoms with Crippen molar-refractivity contribution in [3.05, 3.63) is 0 Å². The molecule has 0 radical (unpaired) electrons. The average molecular weight is 208 g/mol. The monoisotopic (exact) mass is 208 g/mol. The van der Waals surface area contributed by atoms with E-state index in [2.05, 4.69) is 18.2 Å². The number of hydrogen-bond donors (Lipinski definition) is 1. The molecule has 1 fully saturated rings. The van der Waals surface area contributed by atoms with E-state index in [9.17, 15) is 4.79 Å². The van der Waals surface area contributed by atoms with Crippen LogP contribution in [0.3, 0.4) is 0 Å². The second kappa shape index (κ2) is 6.47. The maximum absolute atomic E-state index is 11.8. The summed E-state index contributed by atoms with van der Waals surface area (Å²) in [6.07, 6.45) is 9.70. The molecule has 1 unspecified atom stereocenters. The number of nitrogens with one attached hydrogen (secondary N) is 1. The molecule has 0 spiro atoms. The van der Waals surface area contributed by atoms with E-state index in [1.807, 2.05) is 4.90 Å². The Kier molecular flexibility index (Phi) is 5.20. The van der Waals surface area contributed by atoms with Crippen LogP contribution in [0.4, 0.5) is 0 Å². The number of likely N-dealkylation sites (tertiary alicyclic amines) is 1.